The van der Waals surface area contributed by atoms with E-state index in [1.165, 1.54) is 0 Å². The van der Waals surface area contributed by atoms with Crippen molar-refractivity contribution >= 4 is 15.9 Å². The number of alkyl halides is 3. The van der Waals surface area contributed by atoms with Gasteiger partial charge in [0.1, 0.15) is 5.82 Å². The van der Waals surface area contributed by atoms with Crippen molar-refractivity contribution < 1.29 is 22.7 Å². The number of hydrogen-bond acceptors (Lipinski definition) is 1. The lowest BCUT2D eigenvalue weighted by Gasteiger charge is -2.14. The lowest BCUT2D eigenvalue weighted by atomic mass is 10.1. The molecule has 0 saturated carbocycles. The molecule has 0 unspecified atom stereocenters. The molecule has 0 bridgehead atoms. The molecule has 0 aliphatic rings. The van der Waals surface area contributed by atoms with Crippen LogP contribution in [0.5, 0.6) is 0 Å². The van der Waals surface area contributed by atoms with Crippen molar-refractivity contribution in [3.8, 4) is 0 Å². The van der Waals surface area contributed by atoms with Crippen LogP contribution in [0.2, 0.25) is 0 Å². The Balaban J connectivity index is 3.07. The third-order valence-electron chi connectivity index (χ3n) is 1.51. The van der Waals surface area contributed by atoms with Crippen LogP contribution in [0.15, 0.2) is 22.7 Å². The van der Waals surface area contributed by atoms with Crippen LogP contribution in [0.25, 0.3) is 0 Å². The molecular weight excluding hydrogens is 268 g/mol. The predicted molar refractivity (Wildman–Crippen MR) is 45.1 cm³/mol. The summed E-state index contributed by atoms with van der Waals surface area (Å²) >= 11 is 2.83. The van der Waals surface area contributed by atoms with Gasteiger partial charge in [-0.2, -0.15) is 13.2 Å². The predicted octanol–water partition coefficient (Wildman–Crippen LogP) is 3.18. The SMILES string of the molecule is O[C@@H](c1cc(F)cc(Br)c1)C(F)(F)F. The van der Waals surface area contributed by atoms with Gasteiger partial charge in [0.05, 0.1) is 0 Å². The third kappa shape index (κ3) is 2.68. The molecule has 6 heteroatoms. The van der Waals surface area contributed by atoms with Crippen LogP contribution >= 0.6 is 15.9 Å². The fourth-order valence-corrected chi connectivity index (χ4v) is 1.41. The van der Waals surface area contributed by atoms with E-state index < -0.39 is 23.7 Å². The fourth-order valence-electron chi connectivity index (χ4n) is 0.922. The molecule has 0 amide bonds. The second kappa shape index (κ2) is 3.86. The first-order chi connectivity index (χ1) is 6.30. The third-order valence-corrected chi connectivity index (χ3v) is 1.97. The normalized spacial score (nSPS) is 14.1. The maximum Gasteiger partial charge on any atom is 0.418 e. The second-order valence-electron chi connectivity index (χ2n) is 2.65. The summed E-state index contributed by atoms with van der Waals surface area (Å²) in [5.41, 5.74) is -0.524. The van der Waals surface area contributed by atoms with Crippen molar-refractivity contribution in [2.45, 2.75) is 12.3 Å². The van der Waals surface area contributed by atoms with E-state index in [4.69, 9.17) is 5.11 Å². The molecule has 0 aliphatic heterocycles. The number of halogens is 5. The van der Waals surface area contributed by atoms with Crippen LogP contribution in [-0.4, -0.2) is 11.3 Å². The first-order valence-electron chi connectivity index (χ1n) is 3.51. The minimum atomic E-state index is -4.78. The van der Waals surface area contributed by atoms with Gasteiger partial charge in [0, 0.05) is 4.47 Å². The highest BCUT2D eigenvalue weighted by Gasteiger charge is 2.39. The molecular formula is C8H5BrF4O. The Labute approximate surface area is 85.5 Å². The smallest absolute Gasteiger partial charge is 0.379 e. The van der Waals surface area contributed by atoms with Crippen molar-refractivity contribution in [1.29, 1.82) is 0 Å². The van der Waals surface area contributed by atoms with Gasteiger partial charge in [-0.25, -0.2) is 4.39 Å². The van der Waals surface area contributed by atoms with Gasteiger partial charge < -0.3 is 5.11 Å². The molecule has 0 heterocycles. The average Bonchev–Trinajstić information content (AvgIpc) is 1.99. The Bertz CT molecular complexity index is 316. The summed E-state index contributed by atoms with van der Waals surface area (Å²) in [6.45, 7) is 0. The molecule has 0 aliphatic carbocycles. The number of hydrogen-bond donors (Lipinski definition) is 1. The molecule has 0 fully saturated rings. The van der Waals surface area contributed by atoms with Gasteiger partial charge >= 0.3 is 6.18 Å². The highest BCUT2D eigenvalue weighted by atomic mass is 79.9. The molecule has 1 aromatic rings. The zero-order chi connectivity index (χ0) is 10.9. The Morgan fingerprint density at radius 1 is 1.21 bits per heavy atom. The summed E-state index contributed by atoms with van der Waals surface area (Å²) in [6, 6.07) is 2.66. The van der Waals surface area contributed by atoms with Crippen LogP contribution in [0.4, 0.5) is 17.6 Å². The van der Waals surface area contributed by atoms with E-state index in [0.717, 1.165) is 12.1 Å². The van der Waals surface area contributed by atoms with E-state index in [0.29, 0.717) is 6.07 Å². The van der Waals surface area contributed by atoms with E-state index >= 15 is 0 Å². The average molecular weight is 273 g/mol. The number of benzene rings is 1. The lowest BCUT2D eigenvalue weighted by molar-refractivity contribution is -0.206. The van der Waals surface area contributed by atoms with Crippen LogP contribution < -0.4 is 0 Å². The van der Waals surface area contributed by atoms with Crippen molar-refractivity contribution in [2.75, 3.05) is 0 Å². The van der Waals surface area contributed by atoms with Gasteiger partial charge in [-0.3, -0.25) is 0 Å². The summed E-state index contributed by atoms with van der Waals surface area (Å²) in [4.78, 5) is 0. The second-order valence-corrected chi connectivity index (χ2v) is 3.56. The van der Waals surface area contributed by atoms with Crippen molar-refractivity contribution in [1.82, 2.24) is 0 Å². The topological polar surface area (TPSA) is 20.2 Å². The summed E-state index contributed by atoms with van der Waals surface area (Å²) in [6.07, 6.45) is -7.44. The molecule has 1 nitrogen and oxygen atoms in total. The van der Waals surface area contributed by atoms with Crippen LogP contribution in [0, 0.1) is 5.82 Å². The van der Waals surface area contributed by atoms with E-state index in [1.807, 2.05) is 0 Å². The Morgan fingerprint density at radius 2 is 1.79 bits per heavy atom. The van der Waals surface area contributed by atoms with Crippen LogP contribution in [0.1, 0.15) is 11.7 Å². The molecule has 1 N–H and O–H groups in total. The van der Waals surface area contributed by atoms with Gasteiger partial charge in [-0.1, -0.05) is 15.9 Å². The molecule has 1 aromatic carbocycles. The Kier molecular flexibility index (Phi) is 3.16. The molecule has 0 saturated heterocycles. The molecule has 0 aromatic heterocycles. The quantitative estimate of drug-likeness (QED) is 0.779. The van der Waals surface area contributed by atoms with E-state index in [9.17, 15) is 17.6 Å². The maximum atomic E-state index is 12.7. The van der Waals surface area contributed by atoms with Gasteiger partial charge in [0.2, 0.25) is 0 Å². The summed E-state index contributed by atoms with van der Waals surface area (Å²) in [5.74, 6) is -0.835. The zero-order valence-electron chi connectivity index (χ0n) is 6.65. The van der Waals surface area contributed by atoms with Crippen molar-refractivity contribution in [3.63, 3.8) is 0 Å². The van der Waals surface area contributed by atoms with E-state index in [-0.39, 0.29) is 4.47 Å². The van der Waals surface area contributed by atoms with E-state index in [2.05, 4.69) is 15.9 Å². The summed E-state index contributed by atoms with van der Waals surface area (Å²) in [5, 5.41) is 8.79. The summed E-state index contributed by atoms with van der Waals surface area (Å²) in [7, 11) is 0. The minimum absolute atomic E-state index is 0.149. The standard InChI is InChI=1S/C8H5BrF4O/c9-5-1-4(2-6(10)3-5)7(14)8(11,12)13/h1-3,7,14H/t7-/m0/s1. The van der Waals surface area contributed by atoms with Crippen molar-refractivity contribution in [3.05, 3.63) is 34.1 Å². The minimum Gasteiger partial charge on any atom is -0.379 e. The number of aliphatic hydroxyl groups is 1. The largest absolute Gasteiger partial charge is 0.418 e. The molecule has 1 rings (SSSR count). The van der Waals surface area contributed by atoms with Crippen LogP contribution in [0.3, 0.4) is 0 Å². The van der Waals surface area contributed by atoms with E-state index in [1.54, 1.807) is 0 Å². The van der Waals surface area contributed by atoms with Crippen molar-refractivity contribution in [2.24, 2.45) is 0 Å². The molecule has 78 valence electrons. The lowest BCUT2D eigenvalue weighted by Crippen LogP contribution is -2.20. The number of rotatable bonds is 1. The monoisotopic (exact) mass is 272 g/mol. The van der Waals surface area contributed by atoms with Gasteiger partial charge in [-0.15, -0.1) is 0 Å². The van der Waals surface area contributed by atoms with Crippen LogP contribution in [-0.2, 0) is 0 Å². The Hall–Kier alpha value is -0.620. The first kappa shape index (κ1) is 11.5. The van der Waals surface area contributed by atoms with Gasteiger partial charge in [-0.05, 0) is 23.8 Å². The zero-order valence-corrected chi connectivity index (χ0v) is 8.23. The molecule has 1 atom stereocenters. The number of aliphatic hydroxyl groups excluding tert-OH is 1. The highest BCUT2D eigenvalue weighted by molar-refractivity contribution is 9.10. The van der Waals surface area contributed by atoms with Gasteiger partial charge in [0.15, 0.2) is 6.10 Å². The fraction of sp³-hybridized carbons (Fsp3) is 0.250. The first-order valence-corrected chi connectivity index (χ1v) is 4.31. The molecule has 0 radical (unpaired) electrons. The molecule has 0 spiro atoms. The Morgan fingerprint density at radius 3 is 2.21 bits per heavy atom. The summed E-state index contributed by atoms with van der Waals surface area (Å²) < 4.78 is 48.8. The highest BCUT2D eigenvalue weighted by Crippen LogP contribution is 2.33. The molecule has 14 heavy (non-hydrogen) atoms. The maximum absolute atomic E-state index is 12.7. The van der Waals surface area contributed by atoms with Gasteiger partial charge in [0.25, 0.3) is 0 Å².